The van der Waals surface area contributed by atoms with Gasteiger partial charge in [-0.1, -0.05) is 19.9 Å². The van der Waals surface area contributed by atoms with Crippen LogP contribution in [0.3, 0.4) is 0 Å². The van der Waals surface area contributed by atoms with E-state index in [2.05, 4.69) is 53.4 Å². The number of halogens is 1. The van der Waals surface area contributed by atoms with Crippen molar-refractivity contribution < 1.29 is 9.47 Å². The Kier molecular flexibility index (Phi) is 16.7. The quantitative estimate of drug-likeness (QED) is 0.212. The maximum atomic E-state index is 5.72. The van der Waals surface area contributed by atoms with Gasteiger partial charge in [-0.2, -0.15) is 0 Å². The normalized spacial score (nSPS) is 12.3. The maximum absolute atomic E-state index is 5.72. The van der Waals surface area contributed by atoms with Gasteiger partial charge in [-0.05, 0) is 77.4 Å². The van der Waals surface area contributed by atoms with Crippen molar-refractivity contribution in [1.29, 1.82) is 0 Å². The third-order valence-corrected chi connectivity index (χ3v) is 4.93. The van der Waals surface area contributed by atoms with Crippen LogP contribution >= 0.6 is 24.0 Å². The fourth-order valence-electron chi connectivity index (χ4n) is 3.24. The summed E-state index contributed by atoms with van der Waals surface area (Å²) in [7, 11) is 1.82. The number of benzene rings is 1. The fourth-order valence-corrected chi connectivity index (χ4v) is 3.24. The van der Waals surface area contributed by atoms with Crippen LogP contribution in [0.2, 0.25) is 0 Å². The first kappa shape index (κ1) is 28.8. The number of nitrogens with zero attached hydrogens (tertiary/aromatic N) is 2. The van der Waals surface area contributed by atoms with E-state index in [4.69, 9.17) is 9.47 Å². The van der Waals surface area contributed by atoms with Crippen LogP contribution in [-0.4, -0.2) is 63.3 Å². The Hall–Kier alpha value is -1.22. The minimum absolute atomic E-state index is 0. The molecular formula is C23H43IN4O2. The van der Waals surface area contributed by atoms with Crippen LogP contribution in [0.4, 0.5) is 0 Å². The predicted octanol–water partition coefficient (Wildman–Crippen LogP) is 4.32. The highest BCUT2D eigenvalue weighted by Gasteiger charge is 2.08. The molecule has 1 rings (SSSR count). The van der Waals surface area contributed by atoms with Crippen molar-refractivity contribution in [3.8, 4) is 11.5 Å². The molecule has 1 aromatic rings. The summed E-state index contributed by atoms with van der Waals surface area (Å²) in [4.78, 5) is 6.82. The van der Waals surface area contributed by atoms with E-state index < -0.39 is 0 Å². The van der Waals surface area contributed by atoms with Crippen LogP contribution in [0, 0.1) is 0 Å². The number of ether oxygens (including phenoxy) is 2. The Morgan fingerprint density at radius 2 is 1.73 bits per heavy atom. The summed E-state index contributed by atoms with van der Waals surface area (Å²) >= 11 is 0. The zero-order chi connectivity index (χ0) is 21.5. The third kappa shape index (κ3) is 11.2. The van der Waals surface area contributed by atoms with Crippen molar-refractivity contribution in [3.63, 3.8) is 0 Å². The molecule has 0 bridgehead atoms. The van der Waals surface area contributed by atoms with Crippen molar-refractivity contribution in [2.45, 2.75) is 59.9 Å². The highest BCUT2D eigenvalue weighted by Crippen LogP contribution is 2.28. The standard InChI is InChI=1S/C23H42N4O2.HI/c1-7-27(8-2)17-11-12-19(5)26-23(24-6)25-16-15-20-13-14-21(28-9-3)22(18-20)29-10-4;/h13-14,18-19H,7-12,15-17H2,1-6H3,(H2,24,25,26);1H. The summed E-state index contributed by atoms with van der Waals surface area (Å²) in [5.74, 6) is 2.48. The summed E-state index contributed by atoms with van der Waals surface area (Å²) in [5.41, 5.74) is 1.21. The molecule has 6 nitrogen and oxygen atoms in total. The Bertz CT molecular complexity index is 595. The fraction of sp³-hybridized carbons (Fsp3) is 0.696. The molecule has 0 aliphatic carbocycles. The van der Waals surface area contributed by atoms with Gasteiger partial charge >= 0.3 is 0 Å². The van der Waals surface area contributed by atoms with E-state index in [9.17, 15) is 0 Å². The van der Waals surface area contributed by atoms with E-state index in [1.54, 1.807) is 0 Å². The van der Waals surface area contributed by atoms with Crippen LogP contribution in [0.25, 0.3) is 0 Å². The molecule has 0 aliphatic heterocycles. The molecule has 0 fully saturated rings. The lowest BCUT2D eigenvalue weighted by Crippen LogP contribution is -2.43. The Morgan fingerprint density at radius 3 is 2.33 bits per heavy atom. The Morgan fingerprint density at radius 1 is 1.07 bits per heavy atom. The summed E-state index contributed by atoms with van der Waals surface area (Å²) < 4.78 is 11.4. The Balaban J connectivity index is 0.00000841. The van der Waals surface area contributed by atoms with Gasteiger partial charge in [0.1, 0.15) is 0 Å². The van der Waals surface area contributed by atoms with E-state index in [1.165, 1.54) is 12.0 Å². The Labute approximate surface area is 201 Å². The molecule has 174 valence electrons. The second kappa shape index (κ2) is 17.5. The minimum atomic E-state index is 0. The highest BCUT2D eigenvalue weighted by molar-refractivity contribution is 14.0. The highest BCUT2D eigenvalue weighted by atomic mass is 127. The topological polar surface area (TPSA) is 58.1 Å². The number of hydrogen-bond donors (Lipinski definition) is 2. The monoisotopic (exact) mass is 534 g/mol. The van der Waals surface area contributed by atoms with Crippen LogP contribution < -0.4 is 20.1 Å². The van der Waals surface area contributed by atoms with Crippen LogP contribution in [-0.2, 0) is 6.42 Å². The number of aliphatic imine (C=N–C) groups is 1. The zero-order valence-electron chi connectivity index (χ0n) is 19.8. The SMILES string of the molecule is CCOc1ccc(CCNC(=NC)NC(C)CCCN(CC)CC)cc1OCC.I. The molecule has 0 saturated carbocycles. The van der Waals surface area contributed by atoms with Gasteiger partial charge < -0.3 is 25.0 Å². The van der Waals surface area contributed by atoms with Gasteiger partial charge in [0, 0.05) is 19.6 Å². The molecule has 0 spiro atoms. The van der Waals surface area contributed by atoms with Gasteiger partial charge in [0.05, 0.1) is 13.2 Å². The van der Waals surface area contributed by atoms with Crippen molar-refractivity contribution in [2.24, 2.45) is 4.99 Å². The van der Waals surface area contributed by atoms with Gasteiger partial charge in [-0.15, -0.1) is 24.0 Å². The first-order valence-corrected chi connectivity index (χ1v) is 11.2. The van der Waals surface area contributed by atoms with E-state index in [0.717, 1.165) is 56.5 Å². The molecule has 0 radical (unpaired) electrons. The number of guanidine groups is 1. The second-order valence-corrected chi connectivity index (χ2v) is 7.11. The predicted molar refractivity (Wildman–Crippen MR) is 139 cm³/mol. The van der Waals surface area contributed by atoms with Crippen molar-refractivity contribution in [3.05, 3.63) is 23.8 Å². The molecule has 0 aliphatic rings. The van der Waals surface area contributed by atoms with E-state index in [1.807, 2.05) is 27.0 Å². The molecule has 0 heterocycles. The molecule has 0 aromatic heterocycles. The molecule has 7 heteroatoms. The zero-order valence-corrected chi connectivity index (χ0v) is 22.1. The third-order valence-electron chi connectivity index (χ3n) is 4.93. The summed E-state index contributed by atoms with van der Waals surface area (Å²) in [6.07, 6.45) is 3.22. The maximum Gasteiger partial charge on any atom is 0.191 e. The smallest absolute Gasteiger partial charge is 0.191 e. The number of nitrogens with one attached hydrogen (secondary N) is 2. The summed E-state index contributed by atoms with van der Waals surface area (Å²) in [6, 6.07) is 6.56. The lowest BCUT2D eigenvalue weighted by Gasteiger charge is -2.21. The molecule has 0 amide bonds. The van der Waals surface area contributed by atoms with Crippen molar-refractivity contribution >= 4 is 29.9 Å². The molecular weight excluding hydrogens is 491 g/mol. The van der Waals surface area contributed by atoms with Crippen molar-refractivity contribution in [2.75, 3.05) is 46.4 Å². The largest absolute Gasteiger partial charge is 0.490 e. The van der Waals surface area contributed by atoms with Gasteiger partial charge in [0.2, 0.25) is 0 Å². The molecule has 2 N–H and O–H groups in total. The summed E-state index contributed by atoms with van der Waals surface area (Å²) in [5, 5.41) is 6.91. The average molecular weight is 535 g/mol. The van der Waals surface area contributed by atoms with Crippen LogP contribution in [0.15, 0.2) is 23.2 Å². The number of hydrogen-bond acceptors (Lipinski definition) is 4. The lowest BCUT2D eigenvalue weighted by atomic mass is 10.1. The van der Waals surface area contributed by atoms with Gasteiger partial charge in [-0.3, -0.25) is 4.99 Å². The lowest BCUT2D eigenvalue weighted by molar-refractivity contribution is 0.287. The molecule has 1 atom stereocenters. The van der Waals surface area contributed by atoms with Gasteiger partial charge in [-0.25, -0.2) is 0 Å². The van der Waals surface area contributed by atoms with E-state index in [0.29, 0.717) is 19.3 Å². The van der Waals surface area contributed by atoms with Gasteiger partial charge in [0.25, 0.3) is 0 Å². The van der Waals surface area contributed by atoms with Crippen LogP contribution in [0.1, 0.15) is 53.0 Å². The minimum Gasteiger partial charge on any atom is -0.490 e. The van der Waals surface area contributed by atoms with E-state index in [-0.39, 0.29) is 24.0 Å². The molecule has 0 saturated heterocycles. The molecule has 30 heavy (non-hydrogen) atoms. The first-order valence-electron chi connectivity index (χ1n) is 11.2. The average Bonchev–Trinajstić information content (AvgIpc) is 2.72. The van der Waals surface area contributed by atoms with Crippen LogP contribution in [0.5, 0.6) is 11.5 Å². The first-order chi connectivity index (χ1) is 14.1. The second-order valence-electron chi connectivity index (χ2n) is 7.11. The van der Waals surface area contributed by atoms with E-state index >= 15 is 0 Å². The summed E-state index contributed by atoms with van der Waals surface area (Å²) in [6.45, 7) is 16.1. The molecule has 1 unspecified atom stereocenters. The van der Waals surface area contributed by atoms with Gasteiger partial charge in [0.15, 0.2) is 17.5 Å². The van der Waals surface area contributed by atoms with Crippen molar-refractivity contribution in [1.82, 2.24) is 15.5 Å². The number of rotatable bonds is 14. The molecule has 1 aromatic carbocycles.